The molecule has 0 unspecified atom stereocenters. The van der Waals surface area contributed by atoms with Crippen molar-refractivity contribution in [3.63, 3.8) is 0 Å². The van der Waals surface area contributed by atoms with Gasteiger partial charge in [-0.25, -0.2) is 0 Å². The second kappa shape index (κ2) is 8.03. The number of ether oxygens (including phenoxy) is 1. The smallest absolute Gasteiger partial charge is 0.222 e. The van der Waals surface area contributed by atoms with E-state index in [2.05, 4.69) is 32.2 Å². The molecule has 26 heavy (non-hydrogen) atoms. The van der Waals surface area contributed by atoms with Gasteiger partial charge in [0.05, 0.1) is 19.3 Å². The quantitative estimate of drug-likeness (QED) is 0.883. The van der Waals surface area contributed by atoms with Crippen LogP contribution in [-0.2, 0) is 9.53 Å². The minimum Gasteiger partial charge on any atom is -0.379 e. The largest absolute Gasteiger partial charge is 0.379 e. The number of nitrogens with one attached hydrogen (secondary N) is 1. The topological polar surface area (TPSA) is 57.7 Å². The Hall–Kier alpha value is -1.50. The number of rotatable bonds is 4. The van der Waals surface area contributed by atoms with Crippen LogP contribution >= 0.6 is 0 Å². The van der Waals surface area contributed by atoms with E-state index in [-0.39, 0.29) is 6.04 Å². The molecular formula is C20H30N4O2. The molecule has 3 aliphatic rings. The Morgan fingerprint density at radius 1 is 1.15 bits per heavy atom. The summed E-state index contributed by atoms with van der Waals surface area (Å²) in [6.45, 7) is 7.24. The summed E-state index contributed by atoms with van der Waals surface area (Å²) in [5.74, 6) is 0.321. The minimum atomic E-state index is 0.225. The first-order chi connectivity index (χ1) is 12.8. The first kappa shape index (κ1) is 17.9. The standard InChI is InChI=1S/C20H30N4O2/c25-19-1-4-20(5-9-22-10-6-20)16-24(19)15-18(17-2-7-21-8-3-17)23-11-13-26-14-12-23/h2-3,7-8,18,22H,1,4-6,9-16H2/t18-/m1/s1. The van der Waals surface area contributed by atoms with Gasteiger partial charge >= 0.3 is 0 Å². The van der Waals surface area contributed by atoms with Crippen molar-refractivity contribution in [2.24, 2.45) is 5.41 Å². The van der Waals surface area contributed by atoms with Gasteiger partial charge in [-0.3, -0.25) is 14.7 Å². The molecule has 1 atom stereocenters. The van der Waals surface area contributed by atoms with Crippen LogP contribution in [-0.4, -0.2) is 73.2 Å². The van der Waals surface area contributed by atoms with Crippen molar-refractivity contribution in [2.75, 3.05) is 52.5 Å². The van der Waals surface area contributed by atoms with E-state index in [1.165, 1.54) is 18.4 Å². The molecule has 4 heterocycles. The van der Waals surface area contributed by atoms with Crippen LogP contribution in [0.5, 0.6) is 0 Å². The fourth-order valence-electron chi connectivity index (χ4n) is 4.75. The van der Waals surface area contributed by atoms with E-state index in [9.17, 15) is 4.79 Å². The second-order valence-corrected chi connectivity index (χ2v) is 7.97. The molecule has 6 nitrogen and oxygen atoms in total. The van der Waals surface area contributed by atoms with E-state index in [1.54, 1.807) is 0 Å². The molecule has 4 rings (SSSR count). The van der Waals surface area contributed by atoms with Gasteiger partial charge in [0.25, 0.3) is 0 Å². The normalized spacial score (nSPS) is 25.4. The summed E-state index contributed by atoms with van der Waals surface area (Å²) in [4.78, 5) is 21.5. The molecule has 3 aliphatic heterocycles. The second-order valence-electron chi connectivity index (χ2n) is 7.97. The zero-order valence-electron chi connectivity index (χ0n) is 15.5. The van der Waals surface area contributed by atoms with Gasteiger partial charge in [0.15, 0.2) is 0 Å². The third-order valence-electron chi connectivity index (χ3n) is 6.38. The van der Waals surface area contributed by atoms with Crippen molar-refractivity contribution in [3.8, 4) is 0 Å². The first-order valence-electron chi connectivity index (χ1n) is 9.96. The van der Waals surface area contributed by atoms with Gasteiger partial charge in [-0.1, -0.05) is 0 Å². The van der Waals surface area contributed by atoms with E-state index >= 15 is 0 Å². The van der Waals surface area contributed by atoms with Crippen LogP contribution in [0, 0.1) is 5.41 Å². The van der Waals surface area contributed by atoms with Crippen LogP contribution in [0.1, 0.15) is 37.3 Å². The lowest BCUT2D eigenvalue weighted by Crippen LogP contribution is -2.53. The summed E-state index contributed by atoms with van der Waals surface area (Å²) in [5, 5.41) is 3.47. The molecule has 1 aromatic heterocycles. The Bertz CT molecular complexity index is 597. The van der Waals surface area contributed by atoms with Crippen LogP contribution in [0.4, 0.5) is 0 Å². The summed E-state index contributed by atoms with van der Waals surface area (Å²) >= 11 is 0. The number of carbonyl (C=O) groups excluding carboxylic acids is 1. The molecular weight excluding hydrogens is 328 g/mol. The fraction of sp³-hybridized carbons (Fsp3) is 0.700. The Labute approximate surface area is 155 Å². The average Bonchev–Trinajstić information content (AvgIpc) is 2.71. The molecule has 3 saturated heterocycles. The molecule has 142 valence electrons. The van der Waals surface area contributed by atoms with E-state index in [0.717, 1.165) is 58.9 Å². The molecule has 0 radical (unpaired) electrons. The number of pyridine rings is 1. The first-order valence-corrected chi connectivity index (χ1v) is 9.96. The van der Waals surface area contributed by atoms with E-state index < -0.39 is 0 Å². The number of carbonyl (C=O) groups is 1. The van der Waals surface area contributed by atoms with E-state index in [1.807, 2.05) is 12.4 Å². The third-order valence-corrected chi connectivity index (χ3v) is 6.38. The van der Waals surface area contributed by atoms with Crippen molar-refractivity contribution in [3.05, 3.63) is 30.1 Å². The average molecular weight is 358 g/mol. The van der Waals surface area contributed by atoms with Crippen LogP contribution in [0.25, 0.3) is 0 Å². The Morgan fingerprint density at radius 2 is 1.88 bits per heavy atom. The number of likely N-dealkylation sites (tertiary alicyclic amines) is 1. The lowest BCUT2D eigenvalue weighted by atomic mass is 9.72. The molecule has 1 aromatic rings. The minimum absolute atomic E-state index is 0.225. The summed E-state index contributed by atoms with van der Waals surface area (Å²) in [6, 6.07) is 4.41. The predicted molar refractivity (Wildman–Crippen MR) is 99.7 cm³/mol. The van der Waals surface area contributed by atoms with Gasteiger partial charge < -0.3 is 15.0 Å². The molecule has 0 bridgehead atoms. The highest BCUT2D eigenvalue weighted by molar-refractivity contribution is 5.77. The van der Waals surface area contributed by atoms with Crippen molar-refractivity contribution >= 4 is 5.91 Å². The number of morpholine rings is 1. The summed E-state index contributed by atoms with van der Waals surface area (Å²) in [6.07, 6.45) is 7.85. The molecule has 1 N–H and O–H groups in total. The Kier molecular flexibility index (Phi) is 5.52. The van der Waals surface area contributed by atoms with Gasteiger partial charge in [-0.15, -0.1) is 0 Å². The molecule has 0 saturated carbocycles. The molecule has 1 spiro atoms. The zero-order valence-corrected chi connectivity index (χ0v) is 15.5. The molecule has 0 aliphatic carbocycles. The predicted octanol–water partition coefficient (Wildman–Crippen LogP) is 1.45. The Morgan fingerprint density at radius 3 is 2.62 bits per heavy atom. The number of nitrogens with zero attached hydrogens (tertiary/aromatic N) is 3. The maximum absolute atomic E-state index is 12.7. The molecule has 3 fully saturated rings. The van der Waals surface area contributed by atoms with Gasteiger partial charge in [-0.05, 0) is 55.5 Å². The molecule has 6 heteroatoms. The maximum Gasteiger partial charge on any atom is 0.222 e. The van der Waals surface area contributed by atoms with Gasteiger partial charge in [0.1, 0.15) is 0 Å². The summed E-state index contributed by atoms with van der Waals surface area (Å²) in [7, 11) is 0. The van der Waals surface area contributed by atoms with Crippen molar-refractivity contribution in [1.29, 1.82) is 0 Å². The van der Waals surface area contributed by atoms with Crippen molar-refractivity contribution < 1.29 is 9.53 Å². The number of aromatic nitrogens is 1. The highest BCUT2D eigenvalue weighted by atomic mass is 16.5. The number of piperidine rings is 2. The monoisotopic (exact) mass is 358 g/mol. The van der Waals surface area contributed by atoms with Crippen molar-refractivity contribution in [1.82, 2.24) is 20.1 Å². The van der Waals surface area contributed by atoms with Gasteiger partial charge in [-0.2, -0.15) is 0 Å². The van der Waals surface area contributed by atoms with Gasteiger partial charge in [0.2, 0.25) is 5.91 Å². The number of amides is 1. The third kappa shape index (κ3) is 3.92. The number of hydrogen-bond donors (Lipinski definition) is 1. The zero-order chi connectivity index (χ0) is 17.8. The Balaban J connectivity index is 1.52. The lowest BCUT2D eigenvalue weighted by Gasteiger charge is -2.47. The van der Waals surface area contributed by atoms with Gasteiger partial charge in [0, 0.05) is 45.0 Å². The summed E-state index contributed by atoms with van der Waals surface area (Å²) < 4.78 is 5.55. The SMILES string of the molecule is O=C1CCC2(CCNCC2)CN1C[C@H](c1ccncc1)N1CCOCC1. The van der Waals surface area contributed by atoms with Crippen molar-refractivity contribution in [2.45, 2.75) is 31.7 Å². The van der Waals surface area contributed by atoms with Crippen LogP contribution < -0.4 is 5.32 Å². The van der Waals surface area contributed by atoms with E-state index in [4.69, 9.17) is 4.74 Å². The lowest BCUT2D eigenvalue weighted by molar-refractivity contribution is -0.140. The highest BCUT2D eigenvalue weighted by Crippen LogP contribution is 2.39. The van der Waals surface area contributed by atoms with Crippen LogP contribution in [0.3, 0.4) is 0 Å². The highest BCUT2D eigenvalue weighted by Gasteiger charge is 2.40. The summed E-state index contributed by atoms with van der Waals surface area (Å²) in [5.41, 5.74) is 1.58. The number of hydrogen-bond acceptors (Lipinski definition) is 5. The maximum atomic E-state index is 12.7. The molecule has 1 amide bonds. The van der Waals surface area contributed by atoms with E-state index in [0.29, 0.717) is 17.7 Å². The van der Waals surface area contributed by atoms with Crippen LogP contribution in [0.2, 0.25) is 0 Å². The fourth-order valence-corrected chi connectivity index (χ4v) is 4.75. The van der Waals surface area contributed by atoms with Crippen LogP contribution in [0.15, 0.2) is 24.5 Å². The molecule has 0 aromatic carbocycles.